The molecular formula is C23H28N4O3. The van der Waals surface area contributed by atoms with Gasteiger partial charge >= 0.3 is 0 Å². The van der Waals surface area contributed by atoms with Gasteiger partial charge in [0.05, 0.1) is 6.04 Å². The number of carbonyl (C=O) groups excluding carboxylic acids is 2. The molecule has 1 aliphatic heterocycles. The number of Topliss-reactive ketones (excluding diaryl/α,β-unsaturated/α-hetero) is 1. The molecule has 0 bridgehead atoms. The zero-order valence-electron chi connectivity index (χ0n) is 17.0. The highest BCUT2D eigenvalue weighted by Crippen LogP contribution is 2.26. The number of carbonyl (C=O) groups is 2. The summed E-state index contributed by atoms with van der Waals surface area (Å²) in [5, 5.41) is 17.8. The first-order valence-electron chi connectivity index (χ1n) is 10.1. The van der Waals surface area contributed by atoms with Gasteiger partial charge in [0.2, 0.25) is 5.91 Å². The van der Waals surface area contributed by atoms with Crippen LogP contribution < -0.4 is 16.4 Å². The van der Waals surface area contributed by atoms with Gasteiger partial charge in [0.25, 0.3) is 0 Å². The minimum absolute atomic E-state index is 0.0349. The largest absolute Gasteiger partial charge is 0.409 e. The minimum atomic E-state index is -0.397. The lowest BCUT2D eigenvalue weighted by atomic mass is 9.92. The fourth-order valence-corrected chi connectivity index (χ4v) is 3.71. The topological polar surface area (TPSA) is 117 Å². The average Bonchev–Trinajstić information content (AvgIpc) is 3.28. The van der Waals surface area contributed by atoms with E-state index in [-0.39, 0.29) is 30.0 Å². The van der Waals surface area contributed by atoms with E-state index in [0.29, 0.717) is 18.0 Å². The second kappa shape index (κ2) is 10.0. The number of benzene rings is 2. The van der Waals surface area contributed by atoms with Crippen LogP contribution in [0.5, 0.6) is 0 Å². The fraction of sp³-hybridized carbons (Fsp3) is 0.348. The number of nitrogens with zero attached hydrogens (tertiary/aromatic N) is 1. The van der Waals surface area contributed by atoms with Gasteiger partial charge in [-0.25, -0.2) is 0 Å². The Hall–Kier alpha value is -3.19. The fourth-order valence-electron chi connectivity index (χ4n) is 3.71. The SMILES string of the molecule is C[C@H](CC(=O)[C@H]1C[C@H](c2ccccc2)CN1)C(=O)NCc1ccc(/C(N)=N/O)cc1. The molecule has 1 heterocycles. The summed E-state index contributed by atoms with van der Waals surface area (Å²) in [6.45, 7) is 2.91. The van der Waals surface area contributed by atoms with Crippen LogP contribution in [-0.2, 0) is 16.1 Å². The number of nitrogens with two attached hydrogens (primary N) is 1. The van der Waals surface area contributed by atoms with E-state index in [1.165, 1.54) is 5.56 Å². The Morgan fingerprint density at radius 3 is 2.57 bits per heavy atom. The maximum absolute atomic E-state index is 12.7. The van der Waals surface area contributed by atoms with E-state index in [0.717, 1.165) is 18.5 Å². The van der Waals surface area contributed by atoms with Crippen molar-refractivity contribution in [2.24, 2.45) is 16.8 Å². The lowest BCUT2D eigenvalue weighted by Crippen LogP contribution is -2.35. The molecule has 3 atom stereocenters. The number of hydrogen-bond donors (Lipinski definition) is 4. The van der Waals surface area contributed by atoms with Crippen molar-refractivity contribution < 1.29 is 14.8 Å². The van der Waals surface area contributed by atoms with Crippen molar-refractivity contribution in [3.63, 3.8) is 0 Å². The van der Waals surface area contributed by atoms with Crippen LogP contribution in [-0.4, -0.2) is 35.3 Å². The van der Waals surface area contributed by atoms with E-state index in [4.69, 9.17) is 10.9 Å². The lowest BCUT2D eigenvalue weighted by Gasteiger charge is -2.15. The standard InChI is InChI=1S/C23H28N4O3/c1-15(23(29)26-13-16-7-9-18(10-8-16)22(24)27-30)11-21(28)20-12-19(14-25-20)17-5-3-2-4-6-17/h2-10,15,19-20,25,30H,11-14H2,1H3,(H2,24,27)(H,26,29)/t15-,19+,20-/m1/s1. The third kappa shape index (κ3) is 5.45. The third-order valence-electron chi connectivity index (χ3n) is 5.57. The number of hydrogen-bond acceptors (Lipinski definition) is 5. The molecule has 2 aromatic rings. The van der Waals surface area contributed by atoms with Gasteiger partial charge in [-0.3, -0.25) is 9.59 Å². The maximum Gasteiger partial charge on any atom is 0.223 e. The summed E-state index contributed by atoms with van der Waals surface area (Å²) < 4.78 is 0. The number of nitrogens with one attached hydrogen (secondary N) is 2. The van der Waals surface area contributed by atoms with Crippen LogP contribution in [0.3, 0.4) is 0 Å². The molecule has 7 nitrogen and oxygen atoms in total. The Bertz CT molecular complexity index is 896. The van der Waals surface area contributed by atoms with Gasteiger partial charge in [-0.05, 0) is 23.5 Å². The molecule has 7 heteroatoms. The maximum atomic E-state index is 12.7. The van der Waals surface area contributed by atoms with Crippen LogP contribution >= 0.6 is 0 Å². The first-order valence-corrected chi connectivity index (χ1v) is 10.1. The monoisotopic (exact) mass is 408 g/mol. The first-order chi connectivity index (χ1) is 14.5. The van der Waals surface area contributed by atoms with Crippen LogP contribution in [0.4, 0.5) is 0 Å². The van der Waals surface area contributed by atoms with E-state index in [9.17, 15) is 9.59 Å². The van der Waals surface area contributed by atoms with Crippen LogP contribution in [0.1, 0.15) is 42.4 Å². The van der Waals surface area contributed by atoms with E-state index < -0.39 is 5.92 Å². The molecule has 30 heavy (non-hydrogen) atoms. The molecule has 0 saturated carbocycles. The summed E-state index contributed by atoms with van der Waals surface area (Å²) in [6, 6.07) is 17.0. The van der Waals surface area contributed by atoms with Gasteiger partial charge in [0.15, 0.2) is 11.6 Å². The second-order valence-electron chi connectivity index (χ2n) is 7.78. The molecule has 1 aliphatic rings. The highest BCUT2D eigenvalue weighted by Gasteiger charge is 2.31. The highest BCUT2D eigenvalue weighted by atomic mass is 16.4. The number of amidine groups is 1. The highest BCUT2D eigenvalue weighted by molar-refractivity contribution is 5.97. The summed E-state index contributed by atoms with van der Waals surface area (Å²) >= 11 is 0. The van der Waals surface area contributed by atoms with Crippen LogP contribution in [0, 0.1) is 5.92 Å². The van der Waals surface area contributed by atoms with E-state index in [2.05, 4.69) is 27.9 Å². The molecule has 1 saturated heterocycles. The molecule has 1 fully saturated rings. The molecule has 0 aromatic heterocycles. The molecule has 3 rings (SSSR count). The first kappa shape index (κ1) is 21.5. The number of ketones is 1. The van der Waals surface area contributed by atoms with Crippen LogP contribution in [0.2, 0.25) is 0 Å². The third-order valence-corrected chi connectivity index (χ3v) is 5.57. The Morgan fingerprint density at radius 1 is 1.20 bits per heavy atom. The molecule has 0 spiro atoms. The van der Waals surface area contributed by atoms with Gasteiger partial charge in [0, 0.05) is 31.0 Å². The van der Waals surface area contributed by atoms with E-state index in [1.54, 1.807) is 31.2 Å². The molecule has 2 aromatic carbocycles. The predicted octanol–water partition coefficient (Wildman–Crippen LogP) is 2.14. The summed E-state index contributed by atoms with van der Waals surface area (Å²) in [4.78, 5) is 25.1. The zero-order valence-corrected chi connectivity index (χ0v) is 17.0. The summed E-state index contributed by atoms with van der Waals surface area (Å²) in [5.74, 6) is -0.0999. The van der Waals surface area contributed by atoms with Crippen molar-refractivity contribution in [2.75, 3.05) is 6.54 Å². The van der Waals surface area contributed by atoms with Crippen molar-refractivity contribution >= 4 is 17.5 Å². The quantitative estimate of drug-likeness (QED) is 0.231. The van der Waals surface area contributed by atoms with Crippen molar-refractivity contribution in [1.29, 1.82) is 0 Å². The average molecular weight is 409 g/mol. The van der Waals surface area contributed by atoms with Crippen LogP contribution in [0.15, 0.2) is 59.8 Å². The molecular weight excluding hydrogens is 380 g/mol. The van der Waals surface area contributed by atoms with Gasteiger partial charge in [-0.1, -0.05) is 66.7 Å². The van der Waals surface area contributed by atoms with Gasteiger partial charge in [-0.15, -0.1) is 0 Å². The molecule has 0 radical (unpaired) electrons. The van der Waals surface area contributed by atoms with E-state index >= 15 is 0 Å². The van der Waals surface area contributed by atoms with Crippen LogP contribution in [0.25, 0.3) is 0 Å². The molecule has 0 unspecified atom stereocenters. The number of amides is 1. The Morgan fingerprint density at radius 2 is 1.90 bits per heavy atom. The molecule has 158 valence electrons. The van der Waals surface area contributed by atoms with Gasteiger partial charge < -0.3 is 21.6 Å². The zero-order chi connectivity index (χ0) is 21.5. The predicted molar refractivity (Wildman–Crippen MR) is 115 cm³/mol. The minimum Gasteiger partial charge on any atom is -0.409 e. The van der Waals surface area contributed by atoms with Crippen molar-refractivity contribution in [3.8, 4) is 0 Å². The lowest BCUT2D eigenvalue weighted by molar-refractivity contribution is -0.129. The second-order valence-corrected chi connectivity index (χ2v) is 7.78. The summed E-state index contributed by atoms with van der Waals surface area (Å²) in [7, 11) is 0. The van der Waals surface area contributed by atoms with Crippen molar-refractivity contribution in [2.45, 2.75) is 38.3 Å². The van der Waals surface area contributed by atoms with Crippen molar-refractivity contribution in [1.82, 2.24) is 10.6 Å². The Labute approximate surface area is 176 Å². The Kier molecular flexibility index (Phi) is 7.19. The normalized spacial score (nSPS) is 20.0. The molecule has 5 N–H and O–H groups in total. The molecule has 0 aliphatic carbocycles. The van der Waals surface area contributed by atoms with Gasteiger partial charge in [0.1, 0.15) is 0 Å². The van der Waals surface area contributed by atoms with Gasteiger partial charge in [-0.2, -0.15) is 0 Å². The van der Waals surface area contributed by atoms with E-state index in [1.807, 2.05) is 18.2 Å². The Balaban J connectivity index is 1.45. The molecule has 1 amide bonds. The smallest absolute Gasteiger partial charge is 0.223 e. The number of rotatable bonds is 8. The van der Waals surface area contributed by atoms with Crippen molar-refractivity contribution in [3.05, 3.63) is 71.3 Å². The summed E-state index contributed by atoms with van der Waals surface area (Å²) in [5.41, 5.74) is 8.27. The summed E-state index contributed by atoms with van der Waals surface area (Å²) in [6.07, 6.45) is 0.983. The number of oxime groups is 1.